The Kier molecular flexibility index (Phi) is 6.12. The molecule has 118 valence electrons. The van der Waals surface area contributed by atoms with E-state index in [1.54, 1.807) is 6.08 Å². The molecule has 0 aliphatic carbocycles. The van der Waals surface area contributed by atoms with Gasteiger partial charge in [0.2, 0.25) is 5.91 Å². The zero-order valence-corrected chi connectivity index (χ0v) is 13.1. The molecule has 4 heteroatoms. The van der Waals surface area contributed by atoms with Gasteiger partial charge in [0, 0.05) is 13.5 Å². The molecule has 0 aliphatic rings. The van der Waals surface area contributed by atoms with Gasteiger partial charge in [0.15, 0.2) is 0 Å². The molecule has 0 atom stereocenters. The third kappa shape index (κ3) is 5.79. The van der Waals surface area contributed by atoms with Gasteiger partial charge >= 0.3 is 0 Å². The second kappa shape index (κ2) is 8.54. The Hall–Kier alpha value is -2.88. The first kappa shape index (κ1) is 16.5. The fourth-order valence-corrected chi connectivity index (χ4v) is 2.12. The summed E-state index contributed by atoms with van der Waals surface area (Å²) in [5, 5.41) is 5.42. The molecule has 0 radical (unpaired) electrons. The zero-order valence-electron chi connectivity index (χ0n) is 13.1. The van der Waals surface area contributed by atoms with Gasteiger partial charge in [0.05, 0.1) is 0 Å². The van der Waals surface area contributed by atoms with E-state index in [9.17, 15) is 9.59 Å². The lowest BCUT2D eigenvalue weighted by Gasteiger charge is -2.10. The summed E-state index contributed by atoms with van der Waals surface area (Å²) in [4.78, 5) is 23.6. The van der Waals surface area contributed by atoms with Crippen molar-refractivity contribution >= 4 is 17.9 Å². The lowest BCUT2D eigenvalue weighted by atomic mass is 10.1. The predicted molar refractivity (Wildman–Crippen MR) is 91.4 cm³/mol. The van der Waals surface area contributed by atoms with E-state index < -0.39 is 0 Å². The molecular formula is C19H20N2O2. The first-order valence-corrected chi connectivity index (χ1v) is 7.51. The van der Waals surface area contributed by atoms with Crippen molar-refractivity contribution in [3.8, 4) is 0 Å². The van der Waals surface area contributed by atoms with E-state index in [0.29, 0.717) is 6.54 Å². The van der Waals surface area contributed by atoms with Crippen LogP contribution in [0.2, 0.25) is 0 Å². The summed E-state index contributed by atoms with van der Waals surface area (Å²) in [5.74, 6) is -0.564. The van der Waals surface area contributed by atoms with Crippen molar-refractivity contribution in [3.63, 3.8) is 0 Å². The van der Waals surface area contributed by atoms with Crippen LogP contribution in [0, 0.1) is 0 Å². The molecule has 0 saturated carbocycles. The highest BCUT2D eigenvalue weighted by Crippen LogP contribution is 2.05. The molecule has 0 spiro atoms. The van der Waals surface area contributed by atoms with Crippen molar-refractivity contribution in [2.24, 2.45) is 0 Å². The Morgan fingerprint density at radius 3 is 2.17 bits per heavy atom. The minimum atomic E-state index is -0.292. The van der Waals surface area contributed by atoms with Crippen LogP contribution in [0.4, 0.5) is 0 Å². The molecule has 0 saturated heterocycles. The Morgan fingerprint density at radius 1 is 0.957 bits per heavy atom. The molecule has 2 aromatic carbocycles. The van der Waals surface area contributed by atoms with E-state index in [0.717, 1.165) is 17.5 Å². The Labute approximate surface area is 136 Å². The summed E-state index contributed by atoms with van der Waals surface area (Å²) in [6.45, 7) is 1.89. The van der Waals surface area contributed by atoms with E-state index in [1.807, 2.05) is 60.7 Å². The summed E-state index contributed by atoms with van der Waals surface area (Å²) in [5.41, 5.74) is 2.26. The van der Waals surface area contributed by atoms with Crippen molar-refractivity contribution in [2.75, 3.05) is 6.54 Å². The van der Waals surface area contributed by atoms with Crippen LogP contribution < -0.4 is 10.6 Å². The highest BCUT2D eigenvalue weighted by atomic mass is 16.2. The number of hydrogen-bond donors (Lipinski definition) is 2. The standard InChI is InChI=1S/C19H20N2O2/c1-15(22)21-18(14-17-10-6-3-7-11-17)19(23)20-13-12-16-8-4-2-5-9-16/h2-11,14H,12-13H2,1H3,(H,20,23)(H,21,22)/b18-14-. The Morgan fingerprint density at radius 2 is 1.57 bits per heavy atom. The van der Waals surface area contributed by atoms with E-state index in [1.165, 1.54) is 6.92 Å². The minimum absolute atomic E-state index is 0.247. The molecule has 4 nitrogen and oxygen atoms in total. The first-order chi connectivity index (χ1) is 11.1. The predicted octanol–water partition coefficient (Wildman–Crippen LogP) is 2.52. The highest BCUT2D eigenvalue weighted by molar-refractivity contribution is 6.00. The summed E-state index contributed by atoms with van der Waals surface area (Å²) in [7, 11) is 0. The molecule has 2 rings (SSSR count). The second-order valence-electron chi connectivity index (χ2n) is 5.14. The maximum atomic E-state index is 12.3. The number of benzene rings is 2. The monoisotopic (exact) mass is 308 g/mol. The molecule has 0 bridgehead atoms. The number of rotatable bonds is 6. The summed E-state index contributed by atoms with van der Waals surface area (Å²) in [6.07, 6.45) is 2.41. The molecule has 0 heterocycles. The summed E-state index contributed by atoms with van der Waals surface area (Å²) >= 11 is 0. The fourth-order valence-electron chi connectivity index (χ4n) is 2.12. The average Bonchev–Trinajstić information content (AvgIpc) is 2.56. The van der Waals surface area contributed by atoms with Crippen LogP contribution >= 0.6 is 0 Å². The van der Waals surface area contributed by atoms with Gasteiger partial charge < -0.3 is 10.6 Å². The number of amides is 2. The van der Waals surface area contributed by atoms with Crippen LogP contribution in [-0.4, -0.2) is 18.4 Å². The average molecular weight is 308 g/mol. The maximum absolute atomic E-state index is 12.3. The van der Waals surface area contributed by atoms with Crippen molar-refractivity contribution in [1.82, 2.24) is 10.6 Å². The topological polar surface area (TPSA) is 58.2 Å². The summed E-state index contributed by atoms with van der Waals surface area (Å²) < 4.78 is 0. The van der Waals surface area contributed by atoms with Gasteiger partial charge in [-0.05, 0) is 23.6 Å². The van der Waals surface area contributed by atoms with Gasteiger partial charge in [-0.15, -0.1) is 0 Å². The molecule has 0 fully saturated rings. The zero-order chi connectivity index (χ0) is 16.5. The third-order valence-electron chi connectivity index (χ3n) is 3.21. The lowest BCUT2D eigenvalue weighted by Crippen LogP contribution is -2.34. The van der Waals surface area contributed by atoms with Crippen molar-refractivity contribution < 1.29 is 9.59 Å². The van der Waals surface area contributed by atoms with Crippen LogP contribution in [0.15, 0.2) is 66.4 Å². The Bertz CT molecular complexity index is 679. The number of hydrogen-bond acceptors (Lipinski definition) is 2. The van der Waals surface area contributed by atoms with Crippen LogP contribution in [-0.2, 0) is 16.0 Å². The largest absolute Gasteiger partial charge is 0.350 e. The first-order valence-electron chi connectivity index (χ1n) is 7.51. The van der Waals surface area contributed by atoms with Crippen LogP contribution in [0.5, 0.6) is 0 Å². The minimum Gasteiger partial charge on any atom is -0.350 e. The lowest BCUT2D eigenvalue weighted by molar-refractivity contribution is -0.122. The van der Waals surface area contributed by atoms with E-state index >= 15 is 0 Å². The maximum Gasteiger partial charge on any atom is 0.267 e. The van der Waals surface area contributed by atoms with Crippen molar-refractivity contribution in [1.29, 1.82) is 0 Å². The van der Waals surface area contributed by atoms with Gasteiger partial charge in [0.25, 0.3) is 5.91 Å². The molecule has 23 heavy (non-hydrogen) atoms. The summed E-state index contributed by atoms with van der Waals surface area (Å²) in [6, 6.07) is 19.3. The molecule has 0 aliphatic heterocycles. The van der Waals surface area contributed by atoms with Crippen molar-refractivity contribution in [2.45, 2.75) is 13.3 Å². The SMILES string of the molecule is CC(=O)N/C(=C\c1ccccc1)C(=O)NCCc1ccccc1. The van der Waals surface area contributed by atoms with Crippen LogP contribution in [0.25, 0.3) is 6.08 Å². The quantitative estimate of drug-likeness (QED) is 0.806. The second-order valence-corrected chi connectivity index (χ2v) is 5.14. The molecular weight excluding hydrogens is 288 g/mol. The normalized spacial score (nSPS) is 10.9. The van der Waals surface area contributed by atoms with Crippen molar-refractivity contribution in [3.05, 3.63) is 77.5 Å². The van der Waals surface area contributed by atoms with Gasteiger partial charge in [0.1, 0.15) is 5.70 Å². The molecule has 2 amide bonds. The van der Waals surface area contributed by atoms with E-state index in [-0.39, 0.29) is 17.5 Å². The fraction of sp³-hybridized carbons (Fsp3) is 0.158. The number of nitrogens with one attached hydrogen (secondary N) is 2. The molecule has 2 N–H and O–H groups in total. The van der Waals surface area contributed by atoms with E-state index in [4.69, 9.17) is 0 Å². The van der Waals surface area contributed by atoms with Crippen LogP contribution in [0.3, 0.4) is 0 Å². The number of carbonyl (C=O) groups is 2. The number of carbonyl (C=O) groups excluding carboxylic acids is 2. The Balaban J connectivity index is 1.99. The highest BCUT2D eigenvalue weighted by Gasteiger charge is 2.10. The van der Waals surface area contributed by atoms with Gasteiger partial charge in [-0.1, -0.05) is 60.7 Å². The third-order valence-corrected chi connectivity index (χ3v) is 3.21. The van der Waals surface area contributed by atoms with Crippen LogP contribution in [0.1, 0.15) is 18.1 Å². The van der Waals surface area contributed by atoms with Gasteiger partial charge in [-0.25, -0.2) is 0 Å². The molecule has 2 aromatic rings. The van der Waals surface area contributed by atoms with E-state index in [2.05, 4.69) is 10.6 Å². The smallest absolute Gasteiger partial charge is 0.267 e. The van der Waals surface area contributed by atoms with Gasteiger partial charge in [-0.2, -0.15) is 0 Å². The molecule has 0 unspecified atom stereocenters. The van der Waals surface area contributed by atoms with Gasteiger partial charge in [-0.3, -0.25) is 9.59 Å². The molecule has 0 aromatic heterocycles.